The molecule has 2 heterocycles. The lowest BCUT2D eigenvalue weighted by atomic mass is 10.1. The Morgan fingerprint density at radius 1 is 1.25 bits per heavy atom. The monoisotopic (exact) mass is 380 g/mol. The molecule has 24 heavy (non-hydrogen) atoms. The highest BCUT2D eigenvalue weighted by Crippen LogP contribution is 2.34. The number of nitrogens with two attached hydrogens (primary N) is 1. The number of para-hydroxylation sites is 1. The van der Waals surface area contributed by atoms with Gasteiger partial charge in [-0.25, -0.2) is 0 Å². The molecule has 2 amide bonds. The van der Waals surface area contributed by atoms with Gasteiger partial charge >= 0.3 is 0 Å². The van der Waals surface area contributed by atoms with Gasteiger partial charge in [-0.05, 0) is 25.0 Å². The molecule has 0 radical (unpaired) electrons. The van der Waals surface area contributed by atoms with Crippen molar-refractivity contribution in [2.75, 3.05) is 16.4 Å². The summed E-state index contributed by atoms with van der Waals surface area (Å²) in [6, 6.07) is 8.19. The van der Waals surface area contributed by atoms with E-state index in [4.69, 9.17) is 5.73 Å². The van der Waals surface area contributed by atoms with Crippen LogP contribution >= 0.6 is 34.9 Å². The van der Waals surface area contributed by atoms with E-state index < -0.39 is 0 Å². The van der Waals surface area contributed by atoms with Crippen molar-refractivity contribution in [2.24, 2.45) is 5.73 Å². The molecular weight excluding hydrogens is 364 g/mol. The van der Waals surface area contributed by atoms with E-state index in [1.165, 1.54) is 40.4 Å². The number of hydrogen-bond acceptors (Lipinski definition) is 7. The molecule has 1 aliphatic rings. The maximum absolute atomic E-state index is 12.6. The van der Waals surface area contributed by atoms with E-state index >= 15 is 0 Å². The Morgan fingerprint density at radius 2 is 1.92 bits per heavy atom. The standard InChI is InChI=1S/C15H16N4O2S3/c1-9-6-10-4-2-3-5-11(10)19(9)13(21)8-23-15-18-17-14(24-15)22-7-12(16)20/h2-5,9H,6-8H2,1H3,(H2,16,20). The van der Waals surface area contributed by atoms with Gasteiger partial charge in [-0.2, -0.15) is 0 Å². The van der Waals surface area contributed by atoms with Crippen molar-refractivity contribution in [1.82, 2.24) is 10.2 Å². The van der Waals surface area contributed by atoms with Gasteiger partial charge in [0.25, 0.3) is 0 Å². The van der Waals surface area contributed by atoms with Crippen LogP contribution in [0.25, 0.3) is 0 Å². The molecule has 0 spiro atoms. The summed E-state index contributed by atoms with van der Waals surface area (Å²) in [5.74, 6) is 0.175. The molecule has 1 unspecified atom stereocenters. The molecule has 1 aromatic carbocycles. The molecule has 6 nitrogen and oxygen atoms in total. The molecule has 9 heteroatoms. The van der Waals surface area contributed by atoms with Crippen LogP contribution in [0.1, 0.15) is 12.5 Å². The SMILES string of the molecule is CC1Cc2ccccc2N1C(=O)CSc1nnc(SCC(N)=O)s1. The van der Waals surface area contributed by atoms with Gasteiger partial charge in [-0.1, -0.05) is 53.1 Å². The Kier molecular flexibility index (Phi) is 5.42. The number of benzene rings is 1. The zero-order valence-corrected chi connectivity index (χ0v) is 15.4. The number of amides is 2. The van der Waals surface area contributed by atoms with E-state index in [0.29, 0.717) is 10.1 Å². The van der Waals surface area contributed by atoms with Crippen LogP contribution in [0.5, 0.6) is 0 Å². The summed E-state index contributed by atoms with van der Waals surface area (Å²) in [7, 11) is 0. The van der Waals surface area contributed by atoms with E-state index in [0.717, 1.165) is 16.4 Å². The maximum atomic E-state index is 12.6. The minimum absolute atomic E-state index is 0.0685. The lowest BCUT2D eigenvalue weighted by molar-refractivity contribution is -0.117. The summed E-state index contributed by atoms with van der Waals surface area (Å²) >= 11 is 4.00. The number of carbonyl (C=O) groups is 2. The highest BCUT2D eigenvalue weighted by atomic mass is 32.2. The lowest BCUT2D eigenvalue weighted by Crippen LogP contribution is -2.36. The van der Waals surface area contributed by atoms with E-state index in [1.54, 1.807) is 0 Å². The highest BCUT2D eigenvalue weighted by Gasteiger charge is 2.30. The number of hydrogen-bond donors (Lipinski definition) is 1. The minimum Gasteiger partial charge on any atom is -0.369 e. The van der Waals surface area contributed by atoms with Crippen LogP contribution in [-0.2, 0) is 16.0 Å². The molecule has 126 valence electrons. The van der Waals surface area contributed by atoms with Crippen LogP contribution in [0.4, 0.5) is 5.69 Å². The Balaban J connectivity index is 1.59. The zero-order chi connectivity index (χ0) is 17.1. The lowest BCUT2D eigenvalue weighted by Gasteiger charge is -2.22. The van der Waals surface area contributed by atoms with Gasteiger partial charge in [0, 0.05) is 11.7 Å². The van der Waals surface area contributed by atoms with Crippen molar-refractivity contribution in [3.63, 3.8) is 0 Å². The van der Waals surface area contributed by atoms with Gasteiger partial charge < -0.3 is 10.6 Å². The first-order valence-electron chi connectivity index (χ1n) is 7.32. The third kappa shape index (κ3) is 3.90. The van der Waals surface area contributed by atoms with Crippen LogP contribution in [0.2, 0.25) is 0 Å². The largest absolute Gasteiger partial charge is 0.369 e. The van der Waals surface area contributed by atoms with Gasteiger partial charge in [0.1, 0.15) is 0 Å². The van der Waals surface area contributed by atoms with Crippen molar-refractivity contribution < 1.29 is 9.59 Å². The minimum atomic E-state index is -0.388. The molecule has 1 aliphatic heterocycles. The number of fused-ring (bicyclic) bond motifs is 1. The van der Waals surface area contributed by atoms with Gasteiger partial charge in [0.2, 0.25) is 11.8 Å². The average Bonchev–Trinajstić information content (AvgIpc) is 3.13. The summed E-state index contributed by atoms with van der Waals surface area (Å²) in [5, 5.41) is 8.04. The highest BCUT2D eigenvalue weighted by molar-refractivity contribution is 8.03. The van der Waals surface area contributed by atoms with Gasteiger partial charge in [0.15, 0.2) is 8.68 Å². The first kappa shape index (κ1) is 17.2. The average molecular weight is 381 g/mol. The summed E-state index contributed by atoms with van der Waals surface area (Å²) < 4.78 is 1.40. The normalized spacial score (nSPS) is 16.2. The maximum Gasteiger partial charge on any atom is 0.237 e. The van der Waals surface area contributed by atoms with E-state index in [2.05, 4.69) is 23.2 Å². The molecule has 1 atom stereocenters. The number of anilines is 1. The van der Waals surface area contributed by atoms with Crippen molar-refractivity contribution in [3.05, 3.63) is 29.8 Å². The smallest absolute Gasteiger partial charge is 0.237 e. The van der Waals surface area contributed by atoms with Gasteiger partial charge in [-0.15, -0.1) is 10.2 Å². The topological polar surface area (TPSA) is 89.2 Å². The second kappa shape index (κ2) is 7.54. The second-order valence-electron chi connectivity index (χ2n) is 5.32. The first-order valence-corrected chi connectivity index (χ1v) is 10.1. The molecule has 0 saturated carbocycles. The Hall–Kier alpha value is -1.58. The Labute approximate surface area is 152 Å². The summed E-state index contributed by atoms with van der Waals surface area (Å²) in [4.78, 5) is 25.3. The van der Waals surface area contributed by atoms with Crippen LogP contribution in [-0.4, -0.2) is 39.6 Å². The summed E-state index contributed by atoms with van der Waals surface area (Å²) in [5.41, 5.74) is 7.33. The fourth-order valence-electron chi connectivity index (χ4n) is 2.59. The van der Waals surface area contributed by atoms with Crippen LogP contribution in [0.15, 0.2) is 32.9 Å². The number of nitrogens with zero attached hydrogens (tertiary/aromatic N) is 3. The third-order valence-electron chi connectivity index (χ3n) is 3.52. The number of carbonyl (C=O) groups excluding carboxylic acids is 2. The number of aromatic nitrogens is 2. The molecule has 0 fully saturated rings. The van der Waals surface area contributed by atoms with Crippen molar-refractivity contribution in [3.8, 4) is 0 Å². The zero-order valence-electron chi connectivity index (χ0n) is 13.0. The Morgan fingerprint density at radius 3 is 2.62 bits per heavy atom. The second-order valence-corrected chi connectivity index (χ2v) is 8.75. The molecule has 1 aromatic heterocycles. The number of thioether (sulfide) groups is 2. The summed E-state index contributed by atoms with van der Waals surface area (Å²) in [6.45, 7) is 2.06. The first-order chi connectivity index (χ1) is 11.5. The van der Waals surface area contributed by atoms with E-state index in [1.807, 2.05) is 23.1 Å². The number of rotatable bonds is 6. The quantitative estimate of drug-likeness (QED) is 0.773. The molecule has 3 rings (SSSR count). The van der Waals surface area contributed by atoms with Crippen LogP contribution in [0.3, 0.4) is 0 Å². The molecule has 0 saturated heterocycles. The fourth-order valence-corrected chi connectivity index (χ4v) is 5.20. The third-order valence-corrected chi connectivity index (χ3v) is 6.72. The summed E-state index contributed by atoms with van der Waals surface area (Å²) in [6.07, 6.45) is 0.888. The number of primary amides is 1. The van der Waals surface area contributed by atoms with Gasteiger partial charge in [-0.3, -0.25) is 9.59 Å². The predicted molar refractivity (Wildman–Crippen MR) is 97.6 cm³/mol. The van der Waals surface area contributed by atoms with Gasteiger partial charge in [0.05, 0.1) is 11.5 Å². The van der Waals surface area contributed by atoms with Crippen molar-refractivity contribution in [1.29, 1.82) is 0 Å². The van der Waals surface area contributed by atoms with Crippen molar-refractivity contribution >= 4 is 52.4 Å². The predicted octanol–water partition coefficient (Wildman–Crippen LogP) is 2.19. The van der Waals surface area contributed by atoms with Crippen molar-refractivity contribution in [2.45, 2.75) is 28.1 Å². The molecular formula is C15H16N4O2S3. The van der Waals surface area contributed by atoms with Crippen LogP contribution in [0, 0.1) is 0 Å². The molecule has 2 aromatic rings. The van der Waals surface area contributed by atoms with Crippen LogP contribution < -0.4 is 10.6 Å². The molecule has 0 aliphatic carbocycles. The molecule has 2 N–H and O–H groups in total. The molecule has 0 bridgehead atoms. The fraction of sp³-hybridized carbons (Fsp3) is 0.333. The van der Waals surface area contributed by atoms with E-state index in [9.17, 15) is 9.59 Å². The van der Waals surface area contributed by atoms with E-state index in [-0.39, 0.29) is 23.6 Å². The Bertz CT molecular complexity index is 765.